The summed E-state index contributed by atoms with van der Waals surface area (Å²) in [7, 11) is -1.59. The fourth-order valence-corrected chi connectivity index (χ4v) is 4.73. The first kappa shape index (κ1) is 26.9. The van der Waals surface area contributed by atoms with E-state index in [0.29, 0.717) is 5.75 Å². The highest BCUT2D eigenvalue weighted by atomic mass is 32.2. The van der Waals surface area contributed by atoms with Crippen LogP contribution in [0, 0.1) is 17.0 Å². The molecule has 0 atom stereocenters. The van der Waals surface area contributed by atoms with Crippen LogP contribution in [0.25, 0.3) is 0 Å². The summed E-state index contributed by atoms with van der Waals surface area (Å²) in [5.74, 6) is -0.329. The number of aryl methyl sites for hydroxylation is 1. The van der Waals surface area contributed by atoms with Gasteiger partial charge in [0.2, 0.25) is 0 Å². The van der Waals surface area contributed by atoms with Crippen molar-refractivity contribution in [2.24, 2.45) is 5.10 Å². The van der Waals surface area contributed by atoms with Gasteiger partial charge in [0.05, 0.1) is 35.9 Å². The average molecular weight is 529 g/mol. The Kier molecular flexibility index (Phi) is 8.30. The number of nitro groups is 1. The lowest BCUT2D eigenvalue weighted by molar-refractivity contribution is -0.385. The lowest BCUT2D eigenvalue weighted by Gasteiger charge is -2.24. The first-order valence-corrected chi connectivity index (χ1v) is 12.1. The summed E-state index contributed by atoms with van der Waals surface area (Å²) >= 11 is 0. The number of nitrogens with zero attached hydrogens (tertiary/aromatic N) is 3. The van der Waals surface area contributed by atoms with Crippen LogP contribution in [-0.4, -0.2) is 51.3 Å². The lowest BCUT2D eigenvalue weighted by atomic mass is 10.2. The van der Waals surface area contributed by atoms with Crippen LogP contribution in [0.5, 0.6) is 17.2 Å². The molecule has 2 N–H and O–H groups in total. The Morgan fingerprint density at radius 3 is 2.46 bits per heavy atom. The minimum atomic E-state index is -4.42. The number of phenolic OH excluding ortho intramolecular Hbond substituents is 1. The van der Waals surface area contributed by atoms with E-state index in [0.717, 1.165) is 10.4 Å². The van der Waals surface area contributed by atoms with E-state index in [4.69, 9.17) is 9.47 Å². The van der Waals surface area contributed by atoms with Crippen LogP contribution in [0.4, 0.5) is 11.4 Å². The molecular formula is C24H24N4O8S. The van der Waals surface area contributed by atoms with Crippen molar-refractivity contribution in [1.82, 2.24) is 5.43 Å². The Labute approximate surface area is 213 Å². The van der Waals surface area contributed by atoms with E-state index in [2.05, 4.69) is 10.5 Å². The summed E-state index contributed by atoms with van der Waals surface area (Å²) in [5.41, 5.74) is 2.51. The number of aromatic hydroxyl groups is 1. The third-order valence-corrected chi connectivity index (χ3v) is 7.03. The van der Waals surface area contributed by atoms with Crippen LogP contribution in [0.3, 0.4) is 0 Å². The van der Waals surface area contributed by atoms with Crippen LogP contribution in [0.2, 0.25) is 0 Å². The van der Waals surface area contributed by atoms with Crippen molar-refractivity contribution < 1.29 is 32.7 Å². The van der Waals surface area contributed by atoms with Crippen LogP contribution in [0.15, 0.2) is 70.7 Å². The molecule has 0 spiro atoms. The highest BCUT2D eigenvalue weighted by Crippen LogP contribution is 2.29. The van der Waals surface area contributed by atoms with E-state index in [1.165, 1.54) is 75.9 Å². The second-order valence-electron chi connectivity index (χ2n) is 7.61. The summed E-state index contributed by atoms with van der Waals surface area (Å²) in [4.78, 5) is 23.0. The molecule has 0 heterocycles. The predicted octanol–water partition coefficient (Wildman–Crippen LogP) is 2.97. The standard InChI is InChI=1S/C24H24N4O8S/c1-16-7-12-20(13-21(16)28(31)32)37(33,34)27(18-8-10-19(35-2)11-9-18)15-23(29)26-25-14-17-5-4-6-22(36-3)24(17)30/h4-14,30H,15H2,1-3H3,(H,26,29)/b25-14-. The zero-order valence-electron chi connectivity index (χ0n) is 20.1. The Bertz CT molecular complexity index is 1440. The van der Waals surface area contributed by atoms with Gasteiger partial charge in [0.25, 0.3) is 21.6 Å². The van der Waals surface area contributed by atoms with Crippen molar-refractivity contribution in [2.75, 3.05) is 25.1 Å². The minimum Gasteiger partial charge on any atom is -0.504 e. The maximum Gasteiger partial charge on any atom is 0.273 e. The first-order valence-electron chi connectivity index (χ1n) is 10.7. The van der Waals surface area contributed by atoms with Crippen molar-refractivity contribution in [3.8, 4) is 17.2 Å². The molecule has 0 aliphatic carbocycles. The Balaban J connectivity index is 1.92. The topological polar surface area (TPSA) is 161 Å². The Hall–Kier alpha value is -4.65. The molecule has 37 heavy (non-hydrogen) atoms. The number of ether oxygens (including phenoxy) is 2. The van der Waals surface area contributed by atoms with Gasteiger partial charge < -0.3 is 14.6 Å². The molecule has 0 aromatic heterocycles. The summed E-state index contributed by atoms with van der Waals surface area (Å²) in [6.45, 7) is 0.791. The number of hydrazone groups is 1. The number of benzene rings is 3. The Morgan fingerprint density at radius 1 is 1.14 bits per heavy atom. The number of phenols is 1. The number of amides is 1. The zero-order chi connectivity index (χ0) is 27.2. The van der Waals surface area contributed by atoms with Crippen LogP contribution in [0.1, 0.15) is 11.1 Å². The third kappa shape index (κ3) is 6.13. The number of carbonyl (C=O) groups is 1. The van der Waals surface area contributed by atoms with Gasteiger partial charge >= 0.3 is 0 Å². The van der Waals surface area contributed by atoms with Crippen molar-refractivity contribution in [1.29, 1.82) is 0 Å². The van der Waals surface area contributed by atoms with Gasteiger partial charge in [-0.1, -0.05) is 12.1 Å². The minimum absolute atomic E-state index is 0.119. The average Bonchev–Trinajstić information content (AvgIpc) is 2.88. The van der Waals surface area contributed by atoms with Crippen LogP contribution < -0.4 is 19.2 Å². The molecule has 1 amide bonds. The maximum atomic E-state index is 13.5. The van der Waals surface area contributed by atoms with Crippen LogP contribution in [-0.2, 0) is 14.8 Å². The number of sulfonamides is 1. The van der Waals surface area contributed by atoms with E-state index >= 15 is 0 Å². The molecule has 0 unspecified atom stereocenters. The monoisotopic (exact) mass is 528 g/mol. The SMILES string of the molecule is COc1ccc(N(CC(=O)N/N=C\c2cccc(OC)c2O)S(=O)(=O)c2ccc(C)c([N+](=O)[O-])c2)cc1. The van der Waals surface area contributed by atoms with Gasteiger partial charge in [-0.2, -0.15) is 5.10 Å². The maximum absolute atomic E-state index is 13.5. The molecule has 12 nitrogen and oxygen atoms in total. The lowest BCUT2D eigenvalue weighted by Crippen LogP contribution is -2.39. The zero-order valence-corrected chi connectivity index (χ0v) is 20.9. The summed E-state index contributed by atoms with van der Waals surface area (Å²) < 4.78 is 38.0. The number of nitrogens with one attached hydrogen (secondary N) is 1. The van der Waals surface area contributed by atoms with E-state index in [9.17, 15) is 28.4 Å². The molecule has 0 fully saturated rings. The molecule has 0 aliphatic heterocycles. The number of nitro benzene ring substituents is 1. The normalized spacial score (nSPS) is 11.2. The Morgan fingerprint density at radius 2 is 1.84 bits per heavy atom. The summed E-state index contributed by atoms with van der Waals surface area (Å²) in [5, 5.41) is 25.3. The number of rotatable bonds is 10. The van der Waals surface area contributed by atoms with Crippen molar-refractivity contribution in [3.05, 3.63) is 81.9 Å². The van der Waals surface area contributed by atoms with Gasteiger partial charge in [-0.3, -0.25) is 19.2 Å². The van der Waals surface area contributed by atoms with E-state index < -0.39 is 27.4 Å². The second-order valence-corrected chi connectivity index (χ2v) is 9.47. The van der Waals surface area contributed by atoms with E-state index in [-0.39, 0.29) is 38.9 Å². The van der Waals surface area contributed by atoms with Crippen molar-refractivity contribution in [3.63, 3.8) is 0 Å². The highest BCUT2D eigenvalue weighted by Gasteiger charge is 2.29. The largest absolute Gasteiger partial charge is 0.504 e. The van der Waals surface area contributed by atoms with Crippen molar-refractivity contribution in [2.45, 2.75) is 11.8 Å². The molecule has 3 rings (SSSR count). The number of hydrogen-bond acceptors (Lipinski definition) is 9. The number of anilines is 1. The molecule has 3 aromatic carbocycles. The predicted molar refractivity (Wildman–Crippen MR) is 136 cm³/mol. The summed E-state index contributed by atoms with van der Waals surface area (Å²) in [6.07, 6.45) is 1.17. The number of hydrogen-bond donors (Lipinski definition) is 2. The number of carbonyl (C=O) groups excluding carboxylic acids is 1. The molecule has 0 saturated heterocycles. The molecule has 3 aromatic rings. The van der Waals surface area contributed by atoms with E-state index in [1.807, 2.05) is 0 Å². The molecular weight excluding hydrogens is 504 g/mol. The molecule has 13 heteroatoms. The van der Waals surface area contributed by atoms with Crippen LogP contribution >= 0.6 is 0 Å². The fourth-order valence-electron chi connectivity index (χ4n) is 3.28. The quantitative estimate of drug-likeness (QED) is 0.231. The second kappa shape index (κ2) is 11.4. The molecule has 0 radical (unpaired) electrons. The smallest absolute Gasteiger partial charge is 0.273 e. The number of para-hydroxylation sites is 1. The van der Waals surface area contributed by atoms with E-state index in [1.54, 1.807) is 6.07 Å². The molecule has 0 aliphatic rings. The highest BCUT2D eigenvalue weighted by molar-refractivity contribution is 7.92. The van der Waals surface area contributed by atoms with Gasteiger partial charge in [-0.15, -0.1) is 0 Å². The number of methoxy groups -OCH3 is 2. The molecule has 0 bridgehead atoms. The molecule has 0 saturated carbocycles. The van der Waals surface area contributed by atoms with Gasteiger partial charge in [-0.25, -0.2) is 13.8 Å². The van der Waals surface area contributed by atoms with Crippen molar-refractivity contribution >= 4 is 33.5 Å². The summed E-state index contributed by atoms with van der Waals surface area (Å²) in [6, 6.07) is 14.1. The first-order chi connectivity index (χ1) is 17.6. The van der Waals surface area contributed by atoms with Gasteiger partial charge in [0.15, 0.2) is 11.5 Å². The molecule has 194 valence electrons. The third-order valence-electron chi connectivity index (χ3n) is 5.26. The van der Waals surface area contributed by atoms with Gasteiger partial charge in [0.1, 0.15) is 12.3 Å². The fraction of sp³-hybridized carbons (Fsp3) is 0.167. The van der Waals surface area contributed by atoms with Gasteiger partial charge in [-0.05, 0) is 49.4 Å². The van der Waals surface area contributed by atoms with Gasteiger partial charge in [0, 0.05) is 17.2 Å².